The second-order valence-corrected chi connectivity index (χ2v) is 5.79. The third kappa shape index (κ3) is 3.44. The van der Waals surface area contributed by atoms with Crippen LogP contribution in [0.25, 0.3) is 11.1 Å². The Bertz CT molecular complexity index is 729. The summed E-state index contributed by atoms with van der Waals surface area (Å²) in [6, 6.07) is 27.6. The van der Waals surface area contributed by atoms with E-state index in [1.807, 2.05) is 18.2 Å². The van der Waals surface area contributed by atoms with E-state index >= 15 is 0 Å². The number of hydrogen-bond acceptors (Lipinski definition) is 1. The van der Waals surface area contributed by atoms with Crippen molar-refractivity contribution in [2.75, 3.05) is 0 Å². The Balaban J connectivity index is 1.74. The molecule has 0 amide bonds. The van der Waals surface area contributed by atoms with Crippen LogP contribution in [0.3, 0.4) is 0 Å². The van der Waals surface area contributed by atoms with Crippen molar-refractivity contribution in [3.05, 3.63) is 95.6 Å². The number of hydrogen-bond donors (Lipinski definition) is 1. The number of nitrogens with two attached hydrogens (primary N) is 1. The van der Waals surface area contributed by atoms with Crippen LogP contribution in [0.15, 0.2) is 78.9 Å². The van der Waals surface area contributed by atoms with E-state index in [0.29, 0.717) is 0 Å². The zero-order valence-electron chi connectivity index (χ0n) is 12.9. The maximum atomic E-state index is 6.30. The van der Waals surface area contributed by atoms with Crippen LogP contribution in [0.4, 0.5) is 0 Å². The lowest BCUT2D eigenvalue weighted by Gasteiger charge is -2.12. The molecule has 3 aromatic rings. The van der Waals surface area contributed by atoms with Crippen molar-refractivity contribution in [2.45, 2.75) is 19.4 Å². The van der Waals surface area contributed by atoms with E-state index in [9.17, 15) is 0 Å². The molecule has 110 valence electrons. The van der Waals surface area contributed by atoms with Gasteiger partial charge in [-0.1, -0.05) is 84.4 Å². The predicted octanol–water partition coefficient (Wildman–Crippen LogP) is 4.90. The Morgan fingerprint density at radius 2 is 1.50 bits per heavy atom. The average Bonchev–Trinajstić information content (AvgIpc) is 2.56. The highest BCUT2D eigenvalue weighted by molar-refractivity contribution is 5.64. The monoisotopic (exact) mass is 287 g/mol. The average molecular weight is 287 g/mol. The molecule has 0 aromatic heterocycles. The highest BCUT2D eigenvalue weighted by atomic mass is 14.6. The summed E-state index contributed by atoms with van der Waals surface area (Å²) in [5, 5.41) is 0. The first-order valence-corrected chi connectivity index (χ1v) is 7.69. The molecule has 22 heavy (non-hydrogen) atoms. The van der Waals surface area contributed by atoms with Crippen LogP contribution in [-0.4, -0.2) is 0 Å². The van der Waals surface area contributed by atoms with Crippen molar-refractivity contribution < 1.29 is 0 Å². The molecule has 1 atom stereocenters. The number of rotatable bonds is 4. The van der Waals surface area contributed by atoms with Gasteiger partial charge in [0.2, 0.25) is 0 Å². The van der Waals surface area contributed by atoms with Crippen LogP contribution in [-0.2, 0) is 6.42 Å². The minimum Gasteiger partial charge on any atom is -0.324 e. The van der Waals surface area contributed by atoms with Gasteiger partial charge >= 0.3 is 0 Å². The van der Waals surface area contributed by atoms with Gasteiger partial charge < -0.3 is 5.73 Å². The maximum absolute atomic E-state index is 6.30. The molecule has 1 unspecified atom stereocenters. The summed E-state index contributed by atoms with van der Waals surface area (Å²) < 4.78 is 0. The molecule has 1 heteroatoms. The van der Waals surface area contributed by atoms with Crippen LogP contribution in [0.5, 0.6) is 0 Å². The first-order valence-electron chi connectivity index (χ1n) is 7.69. The molecule has 0 aliphatic rings. The van der Waals surface area contributed by atoms with Crippen molar-refractivity contribution >= 4 is 0 Å². The molecule has 0 saturated carbocycles. The molecule has 0 aliphatic carbocycles. The highest BCUT2D eigenvalue weighted by Gasteiger charge is 2.07. The number of benzene rings is 3. The summed E-state index contributed by atoms with van der Waals surface area (Å²) in [6.45, 7) is 2.12. The summed E-state index contributed by atoms with van der Waals surface area (Å²) >= 11 is 0. The molecule has 0 spiro atoms. The van der Waals surface area contributed by atoms with Gasteiger partial charge in [0, 0.05) is 6.04 Å². The lowest BCUT2D eigenvalue weighted by Crippen LogP contribution is -2.13. The van der Waals surface area contributed by atoms with Crippen molar-refractivity contribution in [3.8, 4) is 11.1 Å². The van der Waals surface area contributed by atoms with E-state index in [-0.39, 0.29) is 6.04 Å². The van der Waals surface area contributed by atoms with Crippen LogP contribution in [0, 0.1) is 6.92 Å². The van der Waals surface area contributed by atoms with Crippen molar-refractivity contribution in [2.24, 2.45) is 5.73 Å². The Hall–Kier alpha value is -2.38. The predicted molar refractivity (Wildman–Crippen MR) is 93.7 cm³/mol. The fraction of sp³-hybridized carbons (Fsp3) is 0.143. The van der Waals surface area contributed by atoms with E-state index in [2.05, 4.69) is 67.6 Å². The molecule has 3 rings (SSSR count). The molecule has 1 nitrogen and oxygen atoms in total. The van der Waals surface area contributed by atoms with Gasteiger partial charge in [0.15, 0.2) is 0 Å². The van der Waals surface area contributed by atoms with Crippen LogP contribution >= 0.6 is 0 Å². The third-order valence-corrected chi connectivity index (χ3v) is 3.99. The number of aryl methyl sites for hydroxylation is 1. The lowest BCUT2D eigenvalue weighted by atomic mass is 9.97. The first-order chi connectivity index (χ1) is 10.7. The molecule has 0 saturated heterocycles. The lowest BCUT2D eigenvalue weighted by molar-refractivity contribution is 0.722. The zero-order chi connectivity index (χ0) is 15.4. The second kappa shape index (κ2) is 6.59. The van der Waals surface area contributed by atoms with Gasteiger partial charge in [-0.15, -0.1) is 0 Å². The molecular weight excluding hydrogens is 266 g/mol. The van der Waals surface area contributed by atoms with E-state index in [0.717, 1.165) is 6.42 Å². The molecule has 3 aromatic carbocycles. The summed E-state index contributed by atoms with van der Waals surface area (Å²) in [7, 11) is 0. The van der Waals surface area contributed by atoms with E-state index < -0.39 is 0 Å². The SMILES string of the molecule is Cc1cccc(-c2ccc(CC(N)c3ccccc3)cc2)c1. The molecule has 0 heterocycles. The molecule has 2 N–H and O–H groups in total. The molecule has 0 aliphatic heterocycles. The van der Waals surface area contributed by atoms with Gasteiger partial charge in [0.1, 0.15) is 0 Å². The van der Waals surface area contributed by atoms with Crippen LogP contribution in [0.1, 0.15) is 22.7 Å². The van der Waals surface area contributed by atoms with Crippen molar-refractivity contribution in [3.63, 3.8) is 0 Å². The van der Waals surface area contributed by atoms with Crippen LogP contribution < -0.4 is 5.73 Å². The summed E-state index contributed by atoms with van der Waals surface area (Å²) in [4.78, 5) is 0. The molecule has 0 fully saturated rings. The Labute approximate surface area is 132 Å². The standard InChI is InChI=1S/C21H21N/c1-16-6-5-9-20(14-16)18-12-10-17(11-13-18)15-21(22)19-7-3-2-4-8-19/h2-14,21H,15,22H2,1H3. The summed E-state index contributed by atoms with van der Waals surface area (Å²) in [5.74, 6) is 0. The van der Waals surface area contributed by atoms with Crippen molar-refractivity contribution in [1.82, 2.24) is 0 Å². The first kappa shape index (κ1) is 14.6. The summed E-state index contributed by atoms with van der Waals surface area (Å²) in [6.07, 6.45) is 0.859. The minimum absolute atomic E-state index is 0.0472. The van der Waals surface area contributed by atoms with Gasteiger partial charge in [-0.3, -0.25) is 0 Å². The van der Waals surface area contributed by atoms with Crippen molar-refractivity contribution in [1.29, 1.82) is 0 Å². The zero-order valence-corrected chi connectivity index (χ0v) is 12.9. The van der Waals surface area contributed by atoms with Gasteiger partial charge in [0.05, 0.1) is 0 Å². The Morgan fingerprint density at radius 3 is 2.18 bits per heavy atom. The third-order valence-electron chi connectivity index (χ3n) is 3.99. The van der Waals surface area contributed by atoms with E-state index in [1.54, 1.807) is 0 Å². The van der Waals surface area contributed by atoms with Gasteiger partial charge in [-0.05, 0) is 35.6 Å². The smallest absolute Gasteiger partial charge is 0.0335 e. The topological polar surface area (TPSA) is 26.0 Å². The molecule has 0 bridgehead atoms. The minimum atomic E-state index is 0.0472. The van der Waals surface area contributed by atoms with Gasteiger partial charge in [-0.2, -0.15) is 0 Å². The van der Waals surface area contributed by atoms with Gasteiger partial charge in [-0.25, -0.2) is 0 Å². The normalized spacial score (nSPS) is 12.1. The fourth-order valence-corrected chi connectivity index (χ4v) is 2.73. The molecule has 0 radical (unpaired) electrons. The second-order valence-electron chi connectivity index (χ2n) is 5.79. The Morgan fingerprint density at radius 1 is 0.773 bits per heavy atom. The van der Waals surface area contributed by atoms with Gasteiger partial charge in [0.25, 0.3) is 0 Å². The van der Waals surface area contributed by atoms with E-state index in [4.69, 9.17) is 5.73 Å². The maximum Gasteiger partial charge on any atom is 0.0335 e. The largest absolute Gasteiger partial charge is 0.324 e. The van der Waals surface area contributed by atoms with E-state index in [1.165, 1.54) is 27.8 Å². The fourth-order valence-electron chi connectivity index (χ4n) is 2.73. The Kier molecular flexibility index (Phi) is 4.36. The quantitative estimate of drug-likeness (QED) is 0.725. The highest BCUT2D eigenvalue weighted by Crippen LogP contribution is 2.22. The van der Waals surface area contributed by atoms with Crippen LogP contribution in [0.2, 0.25) is 0 Å². The summed E-state index contributed by atoms with van der Waals surface area (Å²) in [5.41, 5.74) is 12.6. The molecular formula is C21H21N.